The van der Waals surface area contributed by atoms with Crippen LogP contribution < -0.4 is 10.6 Å². The van der Waals surface area contributed by atoms with Crippen LogP contribution in [-0.2, 0) is 6.54 Å². The van der Waals surface area contributed by atoms with Crippen LogP contribution in [0, 0.1) is 10.1 Å². The molecule has 3 rings (SSSR count). The number of nitro benzene ring substituents is 1. The summed E-state index contributed by atoms with van der Waals surface area (Å²) in [5.41, 5.74) is 2.44. The third-order valence-corrected chi connectivity index (χ3v) is 4.88. The minimum absolute atomic E-state index is 0.0742. The van der Waals surface area contributed by atoms with Gasteiger partial charge >= 0.3 is 0 Å². The van der Waals surface area contributed by atoms with E-state index in [0.29, 0.717) is 17.4 Å². The van der Waals surface area contributed by atoms with E-state index in [4.69, 9.17) is 0 Å². The van der Waals surface area contributed by atoms with Gasteiger partial charge in [-0.1, -0.05) is 26.0 Å². The largest absolute Gasteiger partial charge is 0.377 e. The van der Waals surface area contributed by atoms with E-state index in [0.717, 1.165) is 38.0 Å². The molecule has 7 heteroatoms. The minimum atomic E-state index is -0.452. The van der Waals surface area contributed by atoms with Crippen molar-refractivity contribution in [1.29, 1.82) is 0 Å². The topological polar surface area (TPSA) is 87.5 Å². The molecule has 0 saturated heterocycles. The molecule has 1 fully saturated rings. The van der Waals surface area contributed by atoms with Gasteiger partial charge in [-0.2, -0.15) is 0 Å². The molecule has 1 aliphatic rings. The maximum absolute atomic E-state index is 12.6. The quantitative estimate of drug-likeness (QED) is 0.500. The average Bonchev–Trinajstić information content (AvgIpc) is 3.50. The molecule has 2 N–H and O–H groups in total. The van der Waals surface area contributed by atoms with Crippen molar-refractivity contribution in [2.75, 3.05) is 23.7 Å². The number of benzene rings is 2. The lowest BCUT2D eigenvalue weighted by Gasteiger charge is -2.18. The Morgan fingerprint density at radius 1 is 1.18 bits per heavy atom. The molecule has 0 radical (unpaired) electrons. The molecule has 2 aromatic carbocycles. The second-order valence-corrected chi connectivity index (χ2v) is 7.02. The molecule has 0 aromatic heterocycles. The van der Waals surface area contributed by atoms with Gasteiger partial charge in [0.25, 0.3) is 11.6 Å². The van der Waals surface area contributed by atoms with Crippen molar-refractivity contribution in [3.05, 3.63) is 63.7 Å². The number of hydrogen-bond donors (Lipinski definition) is 2. The van der Waals surface area contributed by atoms with Crippen LogP contribution in [0.15, 0.2) is 42.5 Å². The minimum Gasteiger partial charge on any atom is -0.377 e. The molecule has 28 heavy (non-hydrogen) atoms. The van der Waals surface area contributed by atoms with E-state index in [-0.39, 0.29) is 17.2 Å². The predicted molar refractivity (Wildman–Crippen MR) is 111 cm³/mol. The van der Waals surface area contributed by atoms with Gasteiger partial charge in [0.2, 0.25) is 0 Å². The van der Waals surface area contributed by atoms with Crippen molar-refractivity contribution >= 4 is 23.0 Å². The molecular weight excluding hydrogens is 356 g/mol. The molecule has 0 unspecified atom stereocenters. The first-order chi connectivity index (χ1) is 13.5. The third-order valence-electron chi connectivity index (χ3n) is 4.88. The fourth-order valence-corrected chi connectivity index (χ4v) is 3.05. The zero-order valence-electron chi connectivity index (χ0n) is 16.3. The monoisotopic (exact) mass is 382 g/mol. The first-order valence-corrected chi connectivity index (χ1v) is 9.67. The maximum atomic E-state index is 12.6. The number of rotatable bonds is 9. The molecule has 1 aliphatic carbocycles. The molecule has 0 heterocycles. The van der Waals surface area contributed by atoms with E-state index in [2.05, 4.69) is 29.4 Å². The van der Waals surface area contributed by atoms with Crippen LogP contribution in [0.25, 0.3) is 0 Å². The van der Waals surface area contributed by atoms with E-state index >= 15 is 0 Å². The summed E-state index contributed by atoms with van der Waals surface area (Å²) < 4.78 is 0. The lowest BCUT2D eigenvalue weighted by atomic mass is 10.1. The normalized spacial score (nSPS) is 13.4. The molecule has 0 atom stereocenters. The van der Waals surface area contributed by atoms with Gasteiger partial charge in [0.1, 0.15) is 5.69 Å². The summed E-state index contributed by atoms with van der Waals surface area (Å²) in [6, 6.07) is 12.5. The highest BCUT2D eigenvalue weighted by atomic mass is 16.6. The van der Waals surface area contributed by atoms with Crippen LogP contribution in [0.4, 0.5) is 17.1 Å². The SMILES string of the molecule is CCN(CC)Cc1cccc(NC(=O)c2ccc(NC3CC3)c([N+](=O)[O-])c2)c1. The van der Waals surface area contributed by atoms with Gasteiger partial charge in [0.15, 0.2) is 0 Å². The molecule has 2 aromatic rings. The fourth-order valence-electron chi connectivity index (χ4n) is 3.05. The standard InChI is InChI=1S/C21H26N4O3/c1-3-24(4-2)14-15-6-5-7-18(12-15)23-21(26)16-8-11-19(22-17-9-10-17)20(13-16)25(27)28/h5-8,11-13,17,22H,3-4,9-10,14H2,1-2H3,(H,23,26). The number of nitrogens with one attached hydrogen (secondary N) is 2. The van der Waals surface area contributed by atoms with E-state index in [1.165, 1.54) is 6.07 Å². The van der Waals surface area contributed by atoms with E-state index in [9.17, 15) is 14.9 Å². The summed E-state index contributed by atoms with van der Waals surface area (Å²) in [5.74, 6) is -0.360. The van der Waals surface area contributed by atoms with Gasteiger partial charge in [-0.05, 0) is 55.8 Å². The number of anilines is 2. The molecule has 1 saturated carbocycles. The van der Waals surface area contributed by atoms with Crippen molar-refractivity contribution in [3.63, 3.8) is 0 Å². The van der Waals surface area contributed by atoms with Crippen LogP contribution in [0.2, 0.25) is 0 Å². The van der Waals surface area contributed by atoms with Gasteiger partial charge in [-0.3, -0.25) is 19.8 Å². The van der Waals surface area contributed by atoms with Crippen molar-refractivity contribution in [3.8, 4) is 0 Å². The van der Waals surface area contributed by atoms with Crippen LogP contribution in [0.5, 0.6) is 0 Å². The zero-order valence-corrected chi connectivity index (χ0v) is 16.3. The summed E-state index contributed by atoms with van der Waals surface area (Å²) in [6.45, 7) is 6.95. The predicted octanol–water partition coefficient (Wildman–Crippen LogP) is 4.26. The summed E-state index contributed by atoms with van der Waals surface area (Å²) in [6.07, 6.45) is 2.03. The molecule has 1 amide bonds. The number of carbonyl (C=O) groups is 1. The van der Waals surface area contributed by atoms with E-state index < -0.39 is 4.92 Å². The number of nitrogens with zero attached hydrogens (tertiary/aromatic N) is 2. The van der Waals surface area contributed by atoms with Gasteiger partial charge < -0.3 is 10.6 Å². The Morgan fingerprint density at radius 3 is 2.57 bits per heavy atom. The molecule has 0 aliphatic heterocycles. The summed E-state index contributed by atoms with van der Waals surface area (Å²) in [4.78, 5) is 25.8. The second-order valence-electron chi connectivity index (χ2n) is 7.02. The second kappa shape index (κ2) is 8.84. The molecular formula is C21H26N4O3. The Bertz CT molecular complexity index is 860. The fraction of sp³-hybridized carbons (Fsp3) is 0.381. The van der Waals surface area contributed by atoms with Crippen molar-refractivity contribution in [2.45, 2.75) is 39.3 Å². The van der Waals surface area contributed by atoms with Crippen molar-refractivity contribution in [2.24, 2.45) is 0 Å². The van der Waals surface area contributed by atoms with Gasteiger partial charge in [0, 0.05) is 29.9 Å². The lowest BCUT2D eigenvalue weighted by Crippen LogP contribution is -2.22. The summed E-state index contributed by atoms with van der Waals surface area (Å²) in [7, 11) is 0. The number of amides is 1. The van der Waals surface area contributed by atoms with Crippen molar-refractivity contribution in [1.82, 2.24) is 4.90 Å². The van der Waals surface area contributed by atoms with Crippen LogP contribution in [0.1, 0.15) is 42.6 Å². The molecule has 148 valence electrons. The first-order valence-electron chi connectivity index (χ1n) is 9.67. The first kappa shape index (κ1) is 19.8. The Balaban J connectivity index is 1.73. The van der Waals surface area contributed by atoms with Crippen LogP contribution in [-0.4, -0.2) is 34.9 Å². The highest BCUT2D eigenvalue weighted by Crippen LogP contribution is 2.31. The van der Waals surface area contributed by atoms with Crippen LogP contribution >= 0.6 is 0 Å². The lowest BCUT2D eigenvalue weighted by molar-refractivity contribution is -0.384. The zero-order chi connectivity index (χ0) is 20.1. The Kier molecular flexibility index (Phi) is 6.26. The van der Waals surface area contributed by atoms with E-state index in [1.54, 1.807) is 12.1 Å². The maximum Gasteiger partial charge on any atom is 0.293 e. The molecule has 7 nitrogen and oxygen atoms in total. The Labute approximate surface area is 164 Å². The molecule has 0 spiro atoms. The van der Waals surface area contributed by atoms with Gasteiger partial charge in [-0.25, -0.2) is 0 Å². The number of hydrogen-bond acceptors (Lipinski definition) is 5. The van der Waals surface area contributed by atoms with E-state index in [1.807, 2.05) is 24.3 Å². The van der Waals surface area contributed by atoms with Crippen molar-refractivity contribution < 1.29 is 9.72 Å². The van der Waals surface area contributed by atoms with Gasteiger partial charge in [-0.15, -0.1) is 0 Å². The Morgan fingerprint density at radius 2 is 1.93 bits per heavy atom. The summed E-state index contributed by atoms with van der Waals surface area (Å²) >= 11 is 0. The number of nitro groups is 1. The summed E-state index contributed by atoms with van der Waals surface area (Å²) in [5, 5.41) is 17.4. The smallest absolute Gasteiger partial charge is 0.293 e. The van der Waals surface area contributed by atoms with Crippen LogP contribution in [0.3, 0.4) is 0 Å². The third kappa shape index (κ3) is 5.07. The highest BCUT2D eigenvalue weighted by molar-refractivity contribution is 6.05. The average molecular weight is 382 g/mol. The highest BCUT2D eigenvalue weighted by Gasteiger charge is 2.25. The molecule has 0 bridgehead atoms. The Hall–Kier alpha value is -2.93. The van der Waals surface area contributed by atoms with Gasteiger partial charge in [0.05, 0.1) is 4.92 Å². The number of carbonyl (C=O) groups excluding carboxylic acids is 1.